The van der Waals surface area contributed by atoms with Gasteiger partial charge in [0.05, 0.1) is 19.4 Å². The molecule has 5 heteroatoms. The van der Waals surface area contributed by atoms with E-state index in [-0.39, 0.29) is 0 Å². The highest BCUT2D eigenvalue weighted by molar-refractivity contribution is 5.52. The summed E-state index contributed by atoms with van der Waals surface area (Å²) in [7, 11) is 0. The molecule has 15 heavy (non-hydrogen) atoms. The van der Waals surface area contributed by atoms with Crippen molar-refractivity contribution in [3.05, 3.63) is 17.6 Å². The molecule has 2 rings (SSSR count). The average molecular weight is 204 g/mol. The minimum Gasteiger partial charge on any atom is -0.378 e. The predicted molar refractivity (Wildman–Crippen MR) is 54.5 cm³/mol. The van der Waals surface area contributed by atoms with E-state index >= 15 is 0 Å². The number of aryl methyl sites for hydroxylation is 1. The van der Waals surface area contributed by atoms with Crippen LogP contribution in [-0.4, -0.2) is 36.3 Å². The molecule has 0 saturated carbocycles. The fourth-order valence-electron chi connectivity index (χ4n) is 1.55. The van der Waals surface area contributed by atoms with Crippen LogP contribution >= 0.6 is 0 Å². The molecule has 1 aromatic rings. The lowest BCUT2D eigenvalue weighted by Gasteiger charge is -2.28. The molecule has 2 heterocycles. The predicted octanol–water partition coefficient (Wildman–Crippen LogP) is 0.493. The third-order valence-corrected chi connectivity index (χ3v) is 2.32. The molecule has 1 fully saturated rings. The highest BCUT2D eigenvalue weighted by Crippen LogP contribution is 2.17. The Labute approximate surface area is 88.3 Å². The third kappa shape index (κ3) is 2.05. The summed E-state index contributed by atoms with van der Waals surface area (Å²) in [5.41, 5.74) is 0.530. The molecule has 0 aromatic carbocycles. The highest BCUT2D eigenvalue weighted by atomic mass is 16.5. The van der Waals surface area contributed by atoms with Crippen LogP contribution in [0.5, 0.6) is 0 Å². The van der Waals surface area contributed by atoms with Crippen LogP contribution in [0, 0.1) is 18.3 Å². The number of rotatable bonds is 1. The van der Waals surface area contributed by atoms with Gasteiger partial charge in [0.1, 0.15) is 23.3 Å². The first kappa shape index (κ1) is 9.87. The van der Waals surface area contributed by atoms with Gasteiger partial charge in [0.2, 0.25) is 0 Å². The van der Waals surface area contributed by atoms with Crippen molar-refractivity contribution in [3.8, 4) is 6.07 Å². The maximum atomic E-state index is 8.95. The Morgan fingerprint density at radius 2 is 2.20 bits per heavy atom. The van der Waals surface area contributed by atoms with Gasteiger partial charge >= 0.3 is 0 Å². The highest BCUT2D eigenvalue weighted by Gasteiger charge is 2.16. The number of hydrogen-bond acceptors (Lipinski definition) is 5. The molecule has 0 bridgehead atoms. The maximum absolute atomic E-state index is 8.95. The second-order valence-electron chi connectivity index (χ2n) is 3.37. The molecule has 0 radical (unpaired) electrons. The van der Waals surface area contributed by atoms with E-state index in [0.29, 0.717) is 24.6 Å². The summed E-state index contributed by atoms with van der Waals surface area (Å²) in [5.74, 6) is 1.42. The summed E-state index contributed by atoms with van der Waals surface area (Å²) < 4.78 is 5.26. The molecular formula is C10H12N4O. The summed E-state index contributed by atoms with van der Waals surface area (Å²) in [6.45, 7) is 4.77. The zero-order chi connectivity index (χ0) is 10.7. The Hall–Kier alpha value is -1.67. The van der Waals surface area contributed by atoms with E-state index in [1.54, 1.807) is 6.20 Å². The molecule has 78 valence electrons. The van der Waals surface area contributed by atoms with Crippen LogP contribution in [0.4, 0.5) is 5.82 Å². The van der Waals surface area contributed by atoms with E-state index in [9.17, 15) is 0 Å². The summed E-state index contributed by atoms with van der Waals surface area (Å²) in [5, 5.41) is 8.95. The second-order valence-corrected chi connectivity index (χ2v) is 3.37. The first-order valence-electron chi connectivity index (χ1n) is 4.87. The summed E-state index contributed by atoms with van der Waals surface area (Å²) in [6.07, 6.45) is 1.58. The molecule has 0 spiro atoms. The van der Waals surface area contributed by atoms with Crippen molar-refractivity contribution < 1.29 is 4.74 Å². The Bertz CT molecular complexity index is 393. The molecule has 0 atom stereocenters. The van der Waals surface area contributed by atoms with Gasteiger partial charge in [-0.2, -0.15) is 5.26 Å². The molecule has 1 aliphatic heterocycles. The van der Waals surface area contributed by atoms with Crippen molar-refractivity contribution >= 4 is 5.82 Å². The quantitative estimate of drug-likeness (QED) is 0.666. The molecule has 0 amide bonds. The maximum Gasteiger partial charge on any atom is 0.150 e. The lowest BCUT2D eigenvalue weighted by atomic mass is 10.3. The monoisotopic (exact) mass is 204 g/mol. The molecule has 1 saturated heterocycles. The van der Waals surface area contributed by atoms with Crippen LogP contribution in [0.1, 0.15) is 11.4 Å². The fourth-order valence-corrected chi connectivity index (χ4v) is 1.55. The van der Waals surface area contributed by atoms with Gasteiger partial charge in [-0.05, 0) is 6.92 Å². The largest absolute Gasteiger partial charge is 0.378 e. The lowest BCUT2D eigenvalue weighted by molar-refractivity contribution is 0.122. The smallest absolute Gasteiger partial charge is 0.150 e. The molecule has 0 aliphatic carbocycles. The van der Waals surface area contributed by atoms with Gasteiger partial charge < -0.3 is 9.64 Å². The van der Waals surface area contributed by atoms with E-state index in [4.69, 9.17) is 10.00 Å². The van der Waals surface area contributed by atoms with Crippen molar-refractivity contribution in [3.63, 3.8) is 0 Å². The van der Waals surface area contributed by atoms with Crippen molar-refractivity contribution in [2.24, 2.45) is 0 Å². The molecule has 0 unspecified atom stereocenters. The summed E-state index contributed by atoms with van der Waals surface area (Å²) in [6, 6.07) is 2.11. The van der Waals surface area contributed by atoms with Crippen molar-refractivity contribution in [1.29, 1.82) is 5.26 Å². The fraction of sp³-hybridized carbons (Fsp3) is 0.500. The van der Waals surface area contributed by atoms with Crippen LogP contribution in [-0.2, 0) is 4.74 Å². The number of hydrogen-bond donors (Lipinski definition) is 0. The van der Waals surface area contributed by atoms with Gasteiger partial charge in [-0.25, -0.2) is 9.97 Å². The number of nitriles is 1. The van der Waals surface area contributed by atoms with Crippen LogP contribution < -0.4 is 4.90 Å². The van der Waals surface area contributed by atoms with E-state index in [2.05, 4.69) is 20.9 Å². The number of aromatic nitrogens is 2. The second kappa shape index (κ2) is 4.24. The minimum atomic E-state index is 0.530. The SMILES string of the molecule is Cc1ncc(C#N)c(N2CCOCC2)n1. The lowest BCUT2D eigenvalue weighted by Crippen LogP contribution is -2.37. The third-order valence-electron chi connectivity index (χ3n) is 2.32. The van der Waals surface area contributed by atoms with Gasteiger partial charge in [-0.1, -0.05) is 0 Å². The zero-order valence-electron chi connectivity index (χ0n) is 8.60. The minimum absolute atomic E-state index is 0.530. The van der Waals surface area contributed by atoms with E-state index in [1.807, 2.05) is 6.92 Å². The Kier molecular flexibility index (Phi) is 2.79. The standard InChI is InChI=1S/C10H12N4O/c1-8-12-7-9(6-11)10(13-8)14-2-4-15-5-3-14/h7H,2-5H2,1H3. The van der Waals surface area contributed by atoms with Crippen molar-refractivity contribution in [1.82, 2.24) is 9.97 Å². The van der Waals surface area contributed by atoms with Gasteiger partial charge in [-0.15, -0.1) is 0 Å². The molecule has 1 aliphatic rings. The van der Waals surface area contributed by atoms with Gasteiger partial charge in [0.25, 0.3) is 0 Å². The first-order chi connectivity index (χ1) is 7.31. The van der Waals surface area contributed by atoms with Crippen LogP contribution in [0.15, 0.2) is 6.20 Å². The molecule has 5 nitrogen and oxygen atoms in total. The van der Waals surface area contributed by atoms with Crippen molar-refractivity contribution in [2.75, 3.05) is 31.2 Å². The van der Waals surface area contributed by atoms with E-state index < -0.39 is 0 Å². The number of nitrogens with zero attached hydrogens (tertiary/aromatic N) is 4. The first-order valence-corrected chi connectivity index (χ1v) is 4.87. The van der Waals surface area contributed by atoms with Gasteiger partial charge in [-0.3, -0.25) is 0 Å². The van der Waals surface area contributed by atoms with Crippen LogP contribution in [0.2, 0.25) is 0 Å². The summed E-state index contributed by atoms with van der Waals surface area (Å²) >= 11 is 0. The average Bonchev–Trinajstić information content (AvgIpc) is 2.30. The van der Waals surface area contributed by atoms with E-state index in [1.165, 1.54) is 0 Å². The van der Waals surface area contributed by atoms with Gasteiger partial charge in [0.15, 0.2) is 0 Å². The molecule has 1 aromatic heterocycles. The molecular weight excluding hydrogens is 192 g/mol. The summed E-state index contributed by atoms with van der Waals surface area (Å²) in [4.78, 5) is 10.4. The number of morpholine rings is 1. The van der Waals surface area contributed by atoms with E-state index in [0.717, 1.165) is 18.9 Å². The molecule has 0 N–H and O–H groups in total. The van der Waals surface area contributed by atoms with Crippen LogP contribution in [0.3, 0.4) is 0 Å². The number of ether oxygens (including phenoxy) is 1. The van der Waals surface area contributed by atoms with Crippen LogP contribution in [0.25, 0.3) is 0 Å². The zero-order valence-corrected chi connectivity index (χ0v) is 8.60. The topological polar surface area (TPSA) is 62.0 Å². The Morgan fingerprint density at radius 3 is 2.87 bits per heavy atom. The Morgan fingerprint density at radius 1 is 1.47 bits per heavy atom. The Balaban J connectivity index is 2.32. The number of anilines is 1. The normalized spacial score (nSPS) is 16.1. The van der Waals surface area contributed by atoms with Crippen molar-refractivity contribution in [2.45, 2.75) is 6.92 Å². The van der Waals surface area contributed by atoms with Gasteiger partial charge in [0, 0.05) is 13.1 Å².